The van der Waals surface area contributed by atoms with Gasteiger partial charge in [0.2, 0.25) is 0 Å². The first kappa shape index (κ1) is 13.9. The molecule has 0 aliphatic rings. The first-order valence-electron chi connectivity index (χ1n) is 6.69. The molecular weight excluding hydrogens is 282 g/mol. The number of carbonyl (C=O) groups is 2. The van der Waals surface area contributed by atoms with E-state index in [-0.39, 0.29) is 11.4 Å². The summed E-state index contributed by atoms with van der Waals surface area (Å²) >= 11 is 0. The second-order valence-electron chi connectivity index (χ2n) is 4.82. The maximum absolute atomic E-state index is 12.3. The van der Waals surface area contributed by atoms with Crippen molar-refractivity contribution >= 4 is 17.5 Å². The van der Waals surface area contributed by atoms with Crippen LogP contribution in [0.15, 0.2) is 54.7 Å². The zero-order valence-electron chi connectivity index (χ0n) is 11.8. The minimum Gasteiger partial charge on any atom is -0.505 e. The Morgan fingerprint density at radius 2 is 1.68 bits per heavy atom. The van der Waals surface area contributed by atoms with Crippen LogP contribution in [0.5, 0.6) is 5.75 Å². The summed E-state index contributed by atoms with van der Waals surface area (Å²) < 4.78 is 6.42. The maximum atomic E-state index is 12.3. The summed E-state index contributed by atoms with van der Waals surface area (Å²) in [6.07, 6.45) is 1.63. The molecule has 0 bridgehead atoms. The van der Waals surface area contributed by atoms with Crippen LogP contribution in [0, 0.1) is 6.92 Å². The molecule has 1 aromatic carbocycles. The summed E-state index contributed by atoms with van der Waals surface area (Å²) in [7, 11) is 0. The smallest absolute Gasteiger partial charge is 0.363 e. The topological polar surface area (TPSA) is 68.0 Å². The lowest BCUT2D eigenvalue weighted by Crippen LogP contribution is -2.15. The number of hydrogen-bond acceptors (Lipinski definition) is 4. The molecular formula is C17H13NO4. The molecule has 0 saturated heterocycles. The molecule has 5 heteroatoms. The molecule has 0 aliphatic heterocycles. The van der Waals surface area contributed by atoms with E-state index in [1.807, 2.05) is 0 Å². The van der Waals surface area contributed by atoms with Gasteiger partial charge in [-0.05, 0) is 31.2 Å². The van der Waals surface area contributed by atoms with E-state index in [1.165, 1.54) is 4.40 Å². The number of carbonyl (C=O) groups excluding carboxylic acids is 2. The molecule has 0 aliphatic carbocycles. The number of fused-ring (bicyclic) bond motifs is 1. The molecule has 2 heterocycles. The Hall–Kier alpha value is -3.08. The highest BCUT2D eigenvalue weighted by atomic mass is 16.6. The first-order chi connectivity index (χ1) is 10.6. The van der Waals surface area contributed by atoms with Gasteiger partial charge in [0.05, 0.1) is 11.1 Å². The van der Waals surface area contributed by atoms with Gasteiger partial charge in [-0.2, -0.15) is 0 Å². The summed E-state index contributed by atoms with van der Waals surface area (Å²) in [6.45, 7) is 1.60. The number of nitrogens with zero attached hydrogens (tertiary/aromatic N) is 1. The van der Waals surface area contributed by atoms with Crippen molar-refractivity contribution in [1.82, 2.24) is 4.40 Å². The van der Waals surface area contributed by atoms with E-state index in [9.17, 15) is 14.7 Å². The van der Waals surface area contributed by atoms with Crippen LogP contribution in [0.25, 0.3) is 5.52 Å². The summed E-state index contributed by atoms with van der Waals surface area (Å²) in [5.41, 5.74) is 1.28. The third-order valence-corrected chi connectivity index (χ3v) is 3.44. The number of rotatable bonds is 2. The van der Waals surface area contributed by atoms with E-state index in [2.05, 4.69) is 0 Å². The number of pyridine rings is 1. The van der Waals surface area contributed by atoms with Crippen molar-refractivity contribution in [3.63, 3.8) is 0 Å². The van der Waals surface area contributed by atoms with Crippen LogP contribution in [-0.2, 0) is 4.74 Å². The van der Waals surface area contributed by atoms with Crippen molar-refractivity contribution in [3.8, 4) is 5.75 Å². The molecule has 2 aromatic heterocycles. The van der Waals surface area contributed by atoms with Crippen LogP contribution >= 0.6 is 0 Å². The molecule has 0 spiro atoms. The van der Waals surface area contributed by atoms with Crippen LogP contribution in [0.2, 0.25) is 0 Å². The average molecular weight is 295 g/mol. The average Bonchev–Trinajstić information content (AvgIpc) is 2.80. The highest BCUT2D eigenvalue weighted by Gasteiger charge is 2.23. The van der Waals surface area contributed by atoms with Crippen molar-refractivity contribution < 1.29 is 19.4 Å². The third-order valence-electron chi connectivity index (χ3n) is 3.44. The van der Waals surface area contributed by atoms with E-state index in [0.717, 1.165) is 0 Å². The molecule has 22 heavy (non-hydrogen) atoms. The highest BCUT2D eigenvalue weighted by molar-refractivity contribution is 6.03. The number of esters is 2. The van der Waals surface area contributed by atoms with Crippen LogP contribution in [0.4, 0.5) is 0 Å². The number of aromatic nitrogens is 1. The molecule has 0 unspecified atom stereocenters. The van der Waals surface area contributed by atoms with Gasteiger partial charge in [0.1, 0.15) is 11.4 Å². The van der Waals surface area contributed by atoms with E-state index in [0.29, 0.717) is 16.6 Å². The third kappa shape index (κ3) is 2.22. The summed E-state index contributed by atoms with van der Waals surface area (Å²) in [5.74, 6) is -1.53. The Bertz CT molecular complexity index is 865. The molecule has 0 saturated carbocycles. The van der Waals surface area contributed by atoms with Gasteiger partial charge in [0, 0.05) is 11.8 Å². The summed E-state index contributed by atoms with van der Waals surface area (Å²) in [6, 6.07) is 13.4. The monoisotopic (exact) mass is 295 g/mol. The molecule has 0 fully saturated rings. The standard InChI is InChI=1S/C17H13NO4/c1-11-14(18-10-6-5-9-13(18)15(11)19)17(21)22-16(20)12-7-3-2-4-8-12/h2-10,19H,1H3. The summed E-state index contributed by atoms with van der Waals surface area (Å²) in [5, 5.41) is 10.1. The van der Waals surface area contributed by atoms with E-state index < -0.39 is 11.9 Å². The van der Waals surface area contributed by atoms with E-state index >= 15 is 0 Å². The zero-order valence-corrected chi connectivity index (χ0v) is 11.8. The van der Waals surface area contributed by atoms with Gasteiger partial charge in [0.25, 0.3) is 0 Å². The van der Waals surface area contributed by atoms with Crippen molar-refractivity contribution in [3.05, 3.63) is 71.5 Å². The van der Waals surface area contributed by atoms with Gasteiger partial charge in [-0.1, -0.05) is 24.3 Å². The Morgan fingerprint density at radius 3 is 2.41 bits per heavy atom. The van der Waals surface area contributed by atoms with Gasteiger partial charge < -0.3 is 14.2 Å². The Morgan fingerprint density at radius 1 is 1.00 bits per heavy atom. The fraction of sp³-hybridized carbons (Fsp3) is 0.0588. The van der Waals surface area contributed by atoms with Gasteiger partial charge in [-0.15, -0.1) is 0 Å². The lowest BCUT2D eigenvalue weighted by Gasteiger charge is -2.04. The molecule has 3 aromatic rings. The SMILES string of the molecule is Cc1c(O)c2ccccn2c1C(=O)OC(=O)c1ccccc1. The lowest BCUT2D eigenvalue weighted by molar-refractivity contribution is 0.0392. The number of ether oxygens (including phenoxy) is 1. The fourth-order valence-corrected chi connectivity index (χ4v) is 2.33. The molecule has 0 radical (unpaired) electrons. The molecule has 0 amide bonds. The van der Waals surface area contributed by atoms with Gasteiger partial charge >= 0.3 is 11.9 Å². The normalized spacial score (nSPS) is 10.6. The minimum atomic E-state index is -0.798. The summed E-state index contributed by atoms with van der Waals surface area (Å²) in [4.78, 5) is 24.3. The minimum absolute atomic E-state index is 0.000268. The Kier molecular flexibility index (Phi) is 3.39. The van der Waals surface area contributed by atoms with Gasteiger partial charge in [-0.25, -0.2) is 9.59 Å². The molecule has 5 nitrogen and oxygen atoms in total. The van der Waals surface area contributed by atoms with Crippen molar-refractivity contribution in [2.45, 2.75) is 6.92 Å². The van der Waals surface area contributed by atoms with Crippen LogP contribution in [0.1, 0.15) is 26.4 Å². The number of hydrogen-bond donors (Lipinski definition) is 1. The molecule has 0 atom stereocenters. The second-order valence-corrected chi connectivity index (χ2v) is 4.82. The van der Waals surface area contributed by atoms with Crippen LogP contribution < -0.4 is 0 Å². The lowest BCUT2D eigenvalue weighted by atomic mass is 10.2. The maximum Gasteiger partial charge on any atom is 0.363 e. The van der Waals surface area contributed by atoms with E-state index in [1.54, 1.807) is 61.7 Å². The Labute approximate surface area is 126 Å². The quantitative estimate of drug-likeness (QED) is 0.583. The second kappa shape index (κ2) is 5.37. The first-order valence-corrected chi connectivity index (χ1v) is 6.69. The van der Waals surface area contributed by atoms with Gasteiger partial charge in [-0.3, -0.25) is 0 Å². The fourth-order valence-electron chi connectivity index (χ4n) is 2.33. The van der Waals surface area contributed by atoms with Gasteiger partial charge in [0.15, 0.2) is 0 Å². The molecule has 110 valence electrons. The molecule has 1 N–H and O–H groups in total. The predicted molar refractivity (Wildman–Crippen MR) is 80.0 cm³/mol. The largest absolute Gasteiger partial charge is 0.505 e. The predicted octanol–water partition coefficient (Wildman–Crippen LogP) is 2.95. The zero-order chi connectivity index (χ0) is 15.7. The van der Waals surface area contributed by atoms with Crippen LogP contribution in [-0.4, -0.2) is 21.4 Å². The van der Waals surface area contributed by atoms with Crippen LogP contribution in [0.3, 0.4) is 0 Å². The van der Waals surface area contributed by atoms with Crippen molar-refractivity contribution in [2.24, 2.45) is 0 Å². The number of benzene rings is 1. The van der Waals surface area contributed by atoms with Crippen molar-refractivity contribution in [1.29, 1.82) is 0 Å². The highest BCUT2D eigenvalue weighted by Crippen LogP contribution is 2.29. The van der Waals surface area contributed by atoms with Crippen molar-refractivity contribution in [2.75, 3.05) is 0 Å². The molecule has 3 rings (SSSR count). The number of aromatic hydroxyl groups is 1. The van der Waals surface area contributed by atoms with E-state index in [4.69, 9.17) is 4.74 Å². The Balaban J connectivity index is 1.97.